The lowest BCUT2D eigenvalue weighted by Crippen LogP contribution is -2.61. The van der Waals surface area contributed by atoms with Gasteiger partial charge in [0.15, 0.2) is 0 Å². The maximum Gasteiger partial charge on any atom is 0.417 e. The molecule has 2 aliphatic heterocycles. The highest BCUT2D eigenvalue weighted by Gasteiger charge is 2.45. The number of nitrogens with two attached hydrogens (primary N) is 1. The predicted octanol–water partition coefficient (Wildman–Crippen LogP) is 0.136. The first-order chi connectivity index (χ1) is 11.3. The molecule has 1 spiro atoms. The number of hydrogen-bond donors (Lipinski definition) is 4. The van der Waals surface area contributed by atoms with Gasteiger partial charge in [0.1, 0.15) is 10.6 Å². The van der Waals surface area contributed by atoms with Crippen LogP contribution in [-0.2, 0) is 26.2 Å². The zero-order valence-corrected chi connectivity index (χ0v) is 14.3. The molecule has 0 aromatic heterocycles. The van der Waals surface area contributed by atoms with E-state index in [2.05, 4.69) is 15.4 Å². The van der Waals surface area contributed by atoms with Gasteiger partial charge in [0.05, 0.1) is 16.1 Å². The average molecular weight is 400 g/mol. The minimum Gasteiger partial charge on any atom is -0.365 e. The van der Waals surface area contributed by atoms with Gasteiger partial charge in [-0.05, 0) is 38.1 Å². The standard InChI is InChI=1S/C12H15F3N4O4S2/c13-12(14,15)7-5-8-10(6-9(7)24(16,20)21)25(22,23)19-11(18-8)1-3-17-4-2-11/h5-6,17-19H,1-4H2,(H2,16,20,21). The molecule has 1 fully saturated rings. The molecule has 25 heavy (non-hydrogen) atoms. The lowest BCUT2D eigenvalue weighted by Gasteiger charge is -2.43. The number of nitrogens with one attached hydrogen (secondary N) is 3. The number of rotatable bonds is 1. The molecule has 2 heterocycles. The summed E-state index contributed by atoms with van der Waals surface area (Å²) in [7, 11) is -9.01. The fraction of sp³-hybridized carbons (Fsp3) is 0.500. The molecular formula is C12H15F3N4O4S2. The van der Waals surface area contributed by atoms with Crippen LogP contribution in [0.1, 0.15) is 18.4 Å². The summed E-state index contributed by atoms with van der Waals surface area (Å²) < 4.78 is 90.2. The zero-order chi connectivity index (χ0) is 18.7. The number of piperidine rings is 1. The van der Waals surface area contributed by atoms with Crippen molar-refractivity contribution in [2.24, 2.45) is 5.14 Å². The summed E-state index contributed by atoms with van der Waals surface area (Å²) in [5.41, 5.74) is -2.94. The number of halogens is 3. The van der Waals surface area contributed by atoms with Crippen LogP contribution >= 0.6 is 0 Å². The van der Waals surface area contributed by atoms with Crippen molar-refractivity contribution in [3.8, 4) is 0 Å². The van der Waals surface area contributed by atoms with Crippen molar-refractivity contribution in [2.45, 2.75) is 34.5 Å². The minimum atomic E-state index is -5.02. The zero-order valence-electron chi connectivity index (χ0n) is 12.6. The lowest BCUT2D eigenvalue weighted by molar-refractivity contribution is -0.139. The topological polar surface area (TPSA) is 130 Å². The largest absolute Gasteiger partial charge is 0.417 e. The van der Waals surface area contributed by atoms with E-state index in [0.717, 1.165) is 0 Å². The van der Waals surface area contributed by atoms with E-state index in [1.807, 2.05) is 0 Å². The third-order valence-corrected chi connectivity index (χ3v) is 6.67. The summed E-state index contributed by atoms with van der Waals surface area (Å²) in [6, 6.07) is 0.925. The summed E-state index contributed by atoms with van der Waals surface area (Å²) in [5, 5.41) is 10.7. The molecule has 0 atom stereocenters. The van der Waals surface area contributed by atoms with Crippen LogP contribution in [0.2, 0.25) is 0 Å². The molecule has 0 unspecified atom stereocenters. The van der Waals surface area contributed by atoms with Gasteiger partial charge in [-0.25, -0.2) is 22.0 Å². The first kappa shape index (κ1) is 18.4. The molecule has 140 valence electrons. The third-order valence-electron chi connectivity index (χ3n) is 4.14. The third kappa shape index (κ3) is 3.33. The number of fused-ring (bicyclic) bond motifs is 1. The molecule has 3 rings (SSSR count). The molecule has 5 N–H and O–H groups in total. The average Bonchev–Trinajstić information content (AvgIpc) is 2.44. The Balaban J connectivity index is 2.25. The number of benzene rings is 1. The molecule has 0 bridgehead atoms. The molecule has 1 aromatic carbocycles. The second kappa shape index (κ2) is 5.54. The van der Waals surface area contributed by atoms with Gasteiger partial charge in [0, 0.05) is 0 Å². The van der Waals surface area contributed by atoms with E-state index in [0.29, 0.717) is 38.1 Å². The molecule has 2 aliphatic rings. The summed E-state index contributed by atoms with van der Waals surface area (Å²) in [5.74, 6) is 0. The molecule has 0 saturated carbocycles. The Morgan fingerprint density at radius 3 is 2.28 bits per heavy atom. The minimum absolute atomic E-state index is 0.305. The Hall–Kier alpha value is -1.41. The van der Waals surface area contributed by atoms with E-state index >= 15 is 0 Å². The summed E-state index contributed by atoms with van der Waals surface area (Å²) in [6.45, 7) is 0.929. The molecule has 8 nitrogen and oxygen atoms in total. The SMILES string of the molecule is NS(=O)(=O)c1cc2c(cc1C(F)(F)F)NC1(CCNCC1)NS2(=O)=O. The van der Waals surface area contributed by atoms with Gasteiger partial charge >= 0.3 is 6.18 Å². The molecule has 13 heteroatoms. The van der Waals surface area contributed by atoms with Gasteiger partial charge in [0.25, 0.3) is 0 Å². The Bertz CT molecular complexity index is 922. The smallest absolute Gasteiger partial charge is 0.365 e. The van der Waals surface area contributed by atoms with Crippen LogP contribution in [0.4, 0.5) is 18.9 Å². The van der Waals surface area contributed by atoms with Crippen molar-refractivity contribution >= 4 is 25.7 Å². The van der Waals surface area contributed by atoms with Gasteiger partial charge in [-0.1, -0.05) is 0 Å². The summed E-state index contributed by atoms with van der Waals surface area (Å²) >= 11 is 0. The van der Waals surface area contributed by atoms with Crippen LogP contribution in [-0.4, -0.2) is 35.6 Å². The van der Waals surface area contributed by atoms with Crippen molar-refractivity contribution in [1.29, 1.82) is 0 Å². The van der Waals surface area contributed by atoms with Crippen LogP contribution < -0.4 is 20.5 Å². The van der Waals surface area contributed by atoms with Crippen molar-refractivity contribution in [3.05, 3.63) is 17.7 Å². The van der Waals surface area contributed by atoms with Crippen LogP contribution in [0, 0.1) is 0 Å². The van der Waals surface area contributed by atoms with E-state index in [4.69, 9.17) is 5.14 Å². The fourth-order valence-electron chi connectivity index (χ4n) is 3.01. The van der Waals surface area contributed by atoms with Crippen molar-refractivity contribution in [3.63, 3.8) is 0 Å². The van der Waals surface area contributed by atoms with Crippen LogP contribution in [0.15, 0.2) is 21.9 Å². The normalized spacial score (nSPS) is 22.2. The van der Waals surface area contributed by atoms with Crippen molar-refractivity contribution in [1.82, 2.24) is 10.0 Å². The van der Waals surface area contributed by atoms with Crippen LogP contribution in [0.5, 0.6) is 0 Å². The van der Waals surface area contributed by atoms with E-state index in [1.54, 1.807) is 0 Å². The van der Waals surface area contributed by atoms with Crippen LogP contribution in [0.3, 0.4) is 0 Å². The van der Waals surface area contributed by atoms with Gasteiger partial charge in [-0.15, -0.1) is 0 Å². The highest BCUT2D eigenvalue weighted by molar-refractivity contribution is 7.90. The molecule has 0 aliphatic carbocycles. The number of alkyl halides is 3. The Morgan fingerprint density at radius 1 is 1.16 bits per heavy atom. The van der Waals surface area contributed by atoms with Crippen molar-refractivity contribution in [2.75, 3.05) is 18.4 Å². The van der Waals surface area contributed by atoms with Gasteiger partial charge in [-0.3, -0.25) is 0 Å². The number of anilines is 1. The maximum absolute atomic E-state index is 13.3. The first-order valence-electron chi connectivity index (χ1n) is 7.15. The Labute approximate surface area is 142 Å². The predicted molar refractivity (Wildman–Crippen MR) is 81.6 cm³/mol. The van der Waals surface area contributed by atoms with E-state index in [9.17, 15) is 30.0 Å². The van der Waals surface area contributed by atoms with Crippen molar-refractivity contribution < 1.29 is 30.0 Å². The van der Waals surface area contributed by atoms with Crippen LogP contribution in [0.25, 0.3) is 0 Å². The van der Waals surface area contributed by atoms with Gasteiger partial charge in [0.2, 0.25) is 20.0 Å². The number of sulfonamides is 2. The maximum atomic E-state index is 13.3. The summed E-state index contributed by atoms with van der Waals surface area (Å²) in [6.07, 6.45) is -4.40. The van der Waals surface area contributed by atoms with Gasteiger partial charge < -0.3 is 10.6 Å². The highest BCUT2D eigenvalue weighted by Crippen LogP contribution is 2.41. The number of primary sulfonamides is 1. The first-order valence-corrected chi connectivity index (χ1v) is 10.2. The Kier molecular flexibility index (Phi) is 4.07. The quantitative estimate of drug-likeness (QED) is 0.530. The van der Waals surface area contributed by atoms with E-state index in [1.165, 1.54) is 0 Å². The highest BCUT2D eigenvalue weighted by atomic mass is 32.2. The van der Waals surface area contributed by atoms with E-state index in [-0.39, 0.29) is 5.69 Å². The summed E-state index contributed by atoms with van der Waals surface area (Å²) in [4.78, 5) is -1.87. The van der Waals surface area contributed by atoms with Gasteiger partial charge in [-0.2, -0.15) is 17.9 Å². The molecule has 0 amide bonds. The molecule has 1 aromatic rings. The molecule has 1 saturated heterocycles. The lowest BCUT2D eigenvalue weighted by atomic mass is 9.98. The monoisotopic (exact) mass is 400 g/mol. The second-order valence-corrected chi connectivity index (χ2v) is 9.13. The molecule has 0 radical (unpaired) electrons. The van der Waals surface area contributed by atoms with E-state index < -0.39 is 47.2 Å². The fourth-order valence-corrected chi connectivity index (χ4v) is 5.40. The molecular weight excluding hydrogens is 385 g/mol. The Morgan fingerprint density at radius 2 is 1.76 bits per heavy atom. The number of hydrogen-bond acceptors (Lipinski definition) is 6. The second-order valence-electron chi connectivity index (χ2n) is 5.95.